The Morgan fingerprint density at radius 1 is 1.28 bits per heavy atom. The number of ether oxygens (including phenoxy) is 1. The van der Waals surface area contributed by atoms with E-state index in [4.69, 9.17) is 9.72 Å². The van der Waals surface area contributed by atoms with E-state index in [9.17, 15) is 4.79 Å². The lowest BCUT2D eigenvalue weighted by Gasteiger charge is -2.38. The van der Waals surface area contributed by atoms with Gasteiger partial charge in [-0.05, 0) is 57.6 Å². The minimum atomic E-state index is -0.114. The summed E-state index contributed by atoms with van der Waals surface area (Å²) < 4.78 is 5.72. The van der Waals surface area contributed by atoms with Crippen molar-refractivity contribution in [2.75, 3.05) is 51.3 Å². The highest BCUT2D eigenvalue weighted by molar-refractivity contribution is 5.99. The quantitative estimate of drug-likeness (QED) is 0.686. The number of pyridine rings is 2. The molecule has 4 rings (SSSR count). The lowest BCUT2D eigenvalue weighted by molar-refractivity contribution is 0.0934. The number of rotatable bonds is 7. The first-order valence-electron chi connectivity index (χ1n) is 11.7. The first-order valence-corrected chi connectivity index (χ1v) is 11.7. The second-order valence-corrected chi connectivity index (χ2v) is 8.53. The van der Waals surface area contributed by atoms with Gasteiger partial charge in [-0.3, -0.25) is 4.79 Å². The molecule has 0 bridgehead atoms. The maximum atomic E-state index is 13.5. The van der Waals surface area contributed by atoms with E-state index in [1.165, 1.54) is 0 Å². The number of carbonyl (C=O) groups excluding carboxylic acids is 1. The molecule has 1 amide bonds. The largest absolute Gasteiger partial charge is 0.477 e. The van der Waals surface area contributed by atoms with Crippen LogP contribution in [0.4, 0.5) is 5.69 Å². The number of carbonyl (C=O) groups is 1. The Bertz CT molecular complexity index is 936. The predicted molar refractivity (Wildman–Crippen MR) is 126 cm³/mol. The Morgan fingerprint density at radius 3 is 2.91 bits per heavy atom. The summed E-state index contributed by atoms with van der Waals surface area (Å²) >= 11 is 0. The lowest BCUT2D eigenvalue weighted by Crippen LogP contribution is -2.52. The minimum absolute atomic E-state index is 0.114. The van der Waals surface area contributed by atoms with Crippen LogP contribution in [-0.2, 0) is 0 Å². The van der Waals surface area contributed by atoms with E-state index in [2.05, 4.69) is 39.4 Å². The summed E-state index contributed by atoms with van der Waals surface area (Å²) in [5.41, 5.74) is 2.86. The zero-order valence-corrected chi connectivity index (χ0v) is 19.3. The number of hydrogen-bond donors (Lipinski definition) is 2. The minimum Gasteiger partial charge on any atom is -0.477 e. The molecule has 2 aliphatic rings. The van der Waals surface area contributed by atoms with Gasteiger partial charge in [-0.15, -0.1) is 0 Å². The Labute approximate surface area is 190 Å². The molecule has 0 unspecified atom stereocenters. The van der Waals surface area contributed by atoms with E-state index in [-0.39, 0.29) is 11.9 Å². The van der Waals surface area contributed by atoms with Crippen molar-refractivity contribution in [1.29, 1.82) is 0 Å². The van der Waals surface area contributed by atoms with Gasteiger partial charge in [0.25, 0.3) is 5.91 Å². The Morgan fingerprint density at radius 2 is 2.16 bits per heavy atom. The second kappa shape index (κ2) is 10.3. The number of aromatic nitrogens is 2. The molecule has 2 atom stereocenters. The van der Waals surface area contributed by atoms with E-state index < -0.39 is 0 Å². The van der Waals surface area contributed by atoms with Gasteiger partial charge in [0.2, 0.25) is 5.88 Å². The highest BCUT2D eigenvalue weighted by Crippen LogP contribution is 2.31. The van der Waals surface area contributed by atoms with Crippen molar-refractivity contribution in [2.45, 2.75) is 38.8 Å². The van der Waals surface area contributed by atoms with Crippen LogP contribution in [0.25, 0.3) is 11.3 Å². The third-order valence-corrected chi connectivity index (χ3v) is 6.27. The summed E-state index contributed by atoms with van der Waals surface area (Å²) in [6.45, 7) is 9.14. The molecule has 8 heteroatoms. The van der Waals surface area contributed by atoms with Gasteiger partial charge >= 0.3 is 0 Å². The molecule has 0 radical (unpaired) electrons. The van der Waals surface area contributed by atoms with Crippen molar-refractivity contribution in [3.05, 3.63) is 36.2 Å². The van der Waals surface area contributed by atoms with E-state index >= 15 is 0 Å². The first-order chi connectivity index (χ1) is 15.6. The standard InChI is InChI=1S/C24H34N6O2/c1-4-18-15-25-12-14-30(18)21-9-8-20(19-7-6-11-26-24(19)32-5-2)28-22(21)23(31)27-17-10-13-29(3)16-17/h6-9,11,17-18,25H,4-5,10,12-16H2,1-3H3,(H,27,31)/t17-,18-/m1/s1. The summed E-state index contributed by atoms with van der Waals surface area (Å²) in [7, 11) is 2.08. The molecule has 0 aromatic carbocycles. The Kier molecular flexibility index (Phi) is 7.22. The summed E-state index contributed by atoms with van der Waals surface area (Å²) in [4.78, 5) is 27.3. The molecule has 0 saturated carbocycles. The summed E-state index contributed by atoms with van der Waals surface area (Å²) in [6, 6.07) is 8.29. The van der Waals surface area contributed by atoms with Crippen LogP contribution in [0, 0.1) is 0 Å². The molecule has 2 aliphatic heterocycles. The van der Waals surface area contributed by atoms with Crippen LogP contribution >= 0.6 is 0 Å². The summed E-state index contributed by atoms with van der Waals surface area (Å²) in [5, 5.41) is 6.69. The number of piperazine rings is 1. The zero-order valence-electron chi connectivity index (χ0n) is 19.3. The number of likely N-dealkylation sites (tertiary alicyclic amines) is 1. The number of likely N-dealkylation sites (N-methyl/N-ethyl adjacent to an activating group) is 1. The normalized spacial score (nSPS) is 21.5. The molecule has 4 heterocycles. The number of nitrogens with zero attached hydrogens (tertiary/aromatic N) is 4. The van der Waals surface area contributed by atoms with Crippen LogP contribution in [0.2, 0.25) is 0 Å². The van der Waals surface area contributed by atoms with Gasteiger partial charge in [0.15, 0.2) is 5.69 Å². The van der Waals surface area contributed by atoms with Gasteiger partial charge < -0.3 is 25.2 Å². The molecular weight excluding hydrogens is 404 g/mol. The van der Waals surface area contributed by atoms with E-state index in [1.807, 2.05) is 31.2 Å². The Balaban J connectivity index is 1.72. The smallest absolute Gasteiger partial charge is 0.272 e. The molecule has 0 aliphatic carbocycles. The average molecular weight is 439 g/mol. The van der Waals surface area contributed by atoms with Gasteiger partial charge in [0.05, 0.1) is 23.6 Å². The van der Waals surface area contributed by atoms with Crippen LogP contribution < -0.4 is 20.3 Å². The van der Waals surface area contributed by atoms with Crippen molar-refractivity contribution in [1.82, 2.24) is 25.5 Å². The highest BCUT2D eigenvalue weighted by atomic mass is 16.5. The third kappa shape index (κ3) is 4.86. The summed E-state index contributed by atoms with van der Waals surface area (Å²) in [6.07, 6.45) is 3.67. The fraction of sp³-hybridized carbons (Fsp3) is 0.542. The zero-order chi connectivity index (χ0) is 22.5. The second-order valence-electron chi connectivity index (χ2n) is 8.53. The molecule has 32 heavy (non-hydrogen) atoms. The van der Waals surface area contributed by atoms with Gasteiger partial charge in [0.1, 0.15) is 0 Å². The maximum absolute atomic E-state index is 13.5. The monoisotopic (exact) mass is 438 g/mol. The molecule has 2 aromatic heterocycles. The molecule has 0 spiro atoms. The van der Waals surface area contributed by atoms with Crippen LogP contribution in [0.3, 0.4) is 0 Å². The molecule has 2 saturated heterocycles. The van der Waals surface area contributed by atoms with E-state index in [1.54, 1.807) is 6.20 Å². The molecule has 2 aromatic rings. The number of anilines is 1. The molecular formula is C24H34N6O2. The van der Waals surface area contributed by atoms with Crippen LogP contribution in [-0.4, -0.2) is 79.2 Å². The molecule has 8 nitrogen and oxygen atoms in total. The molecule has 2 fully saturated rings. The van der Waals surface area contributed by atoms with Gasteiger partial charge in [-0.25, -0.2) is 9.97 Å². The first kappa shape index (κ1) is 22.5. The third-order valence-electron chi connectivity index (χ3n) is 6.27. The van der Waals surface area contributed by atoms with Crippen molar-refractivity contribution in [3.63, 3.8) is 0 Å². The highest BCUT2D eigenvalue weighted by Gasteiger charge is 2.29. The SMILES string of the molecule is CCOc1ncccc1-c1ccc(N2CCNC[C@H]2CC)c(C(=O)N[C@@H]2CCN(C)C2)n1. The summed E-state index contributed by atoms with van der Waals surface area (Å²) in [5.74, 6) is 0.421. The maximum Gasteiger partial charge on any atom is 0.272 e. The van der Waals surface area contributed by atoms with Crippen molar-refractivity contribution in [2.24, 2.45) is 0 Å². The average Bonchev–Trinajstić information content (AvgIpc) is 3.23. The topological polar surface area (TPSA) is 82.6 Å². The Hall–Kier alpha value is -2.71. The number of nitrogens with one attached hydrogen (secondary N) is 2. The van der Waals surface area contributed by atoms with Crippen LogP contribution in [0.15, 0.2) is 30.5 Å². The van der Waals surface area contributed by atoms with Gasteiger partial charge in [-0.1, -0.05) is 6.92 Å². The van der Waals surface area contributed by atoms with Crippen molar-refractivity contribution in [3.8, 4) is 17.1 Å². The van der Waals surface area contributed by atoms with Gasteiger partial charge in [-0.2, -0.15) is 0 Å². The predicted octanol–water partition coefficient (Wildman–Crippen LogP) is 2.16. The van der Waals surface area contributed by atoms with Gasteiger partial charge in [0, 0.05) is 44.5 Å². The fourth-order valence-corrected chi connectivity index (χ4v) is 4.59. The molecule has 172 valence electrons. The van der Waals surface area contributed by atoms with Crippen LogP contribution in [0.5, 0.6) is 5.88 Å². The van der Waals surface area contributed by atoms with E-state index in [0.29, 0.717) is 29.9 Å². The van der Waals surface area contributed by atoms with Crippen molar-refractivity contribution < 1.29 is 9.53 Å². The number of hydrogen-bond acceptors (Lipinski definition) is 7. The molecule has 2 N–H and O–H groups in total. The van der Waals surface area contributed by atoms with Crippen LogP contribution in [0.1, 0.15) is 37.2 Å². The lowest BCUT2D eigenvalue weighted by atomic mass is 10.1. The fourth-order valence-electron chi connectivity index (χ4n) is 4.59. The van der Waals surface area contributed by atoms with Crippen molar-refractivity contribution >= 4 is 11.6 Å². The number of amides is 1. The van der Waals surface area contributed by atoms with E-state index in [0.717, 1.165) is 56.8 Å².